The van der Waals surface area contributed by atoms with Gasteiger partial charge in [-0.2, -0.15) is 0 Å². The Kier molecular flexibility index (Phi) is 5.12. The van der Waals surface area contributed by atoms with Gasteiger partial charge in [0, 0.05) is 23.2 Å². The summed E-state index contributed by atoms with van der Waals surface area (Å²) in [5, 5.41) is 12.7. The van der Waals surface area contributed by atoms with Crippen LogP contribution < -0.4 is 5.32 Å². The maximum Gasteiger partial charge on any atom is 0.129 e. The summed E-state index contributed by atoms with van der Waals surface area (Å²) in [5.74, 6) is -0.298. The highest BCUT2D eigenvalue weighted by molar-refractivity contribution is 6.31. The molecule has 2 N–H and O–H groups in total. The van der Waals surface area contributed by atoms with Gasteiger partial charge >= 0.3 is 0 Å². The van der Waals surface area contributed by atoms with Crippen molar-refractivity contribution in [2.45, 2.75) is 26.1 Å². The van der Waals surface area contributed by atoms with Gasteiger partial charge in [0.1, 0.15) is 5.82 Å². The molecule has 1 unspecified atom stereocenters. The van der Waals surface area contributed by atoms with Gasteiger partial charge in [-0.1, -0.05) is 41.9 Å². The summed E-state index contributed by atoms with van der Waals surface area (Å²) in [5.41, 5.74) is 2.43. The fraction of sp³-hybridized carbons (Fsp3) is 0.250. The van der Waals surface area contributed by atoms with Crippen LogP contribution >= 0.6 is 11.6 Å². The van der Waals surface area contributed by atoms with Gasteiger partial charge < -0.3 is 10.4 Å². The Bertz CT molecular complexity index is 551. The predicted molar refractivity (Wildman–Crippen MR) is 79.0 cm³/mol. The van der Waals surface area contributed by atoms with E-state index in [1.165, 1.54) is 6.07 Å². The van der Waals surface area contributed by atoms with Gasteiger partial charge in [0.15, 0.2) is 0 Å². The SMILES string of the molecule is CC(NCc1ccc(CO)cc1)c1c(F)cccc1Cl. The molecule has 0 spiro atoms. The second kappa shape index (κ2) is 6.84. The summed E-state index contributed by atoms with van der Waals surface area (Å²) in [4.78, 5) is 0. The number of nitrogens with one attached hydrogen (secondary N) is 1. The largest absolute Gasteiger partial charge is 0.392 e. The minimum atomic E-state index is -0.298. The number of halogens is 2. The Morgan fingerprint density at radius 3 is 2.40 bits per heavy atom. The lowest BCUT2D eigenvalue weighted by Crippen LogP contribution is -2.19. The Morgan fingerprint density at radius 1 is 1.15 bits per heavy atom. The van der Waals surface area contributed by atoms with E-state index in [4.69, 9.17) is 16.7 Å². The summed E-state index contributed by atoms with van der Waals surface area (Å²) >= 11 is 6.04. The van der Waals surface area contributed by atoms with Gasteiger partial charge in [-0.25, -0.2) is 4.39 Å². The van der Waals surface area contributed by atoms with Crippen LogP contribution in [0.2, 0.25) is 5.02 Å². The van der Waals surface area contributed by atoms with Gasteiger partial charge in [-0.3, -0.25) is 0 Å². The fourth-order valence-corrected chi connectivity index (χ4v) is 2.39. The molecule has 20 heavy (non-hydrogen) atoms. The zero-order chi connectivity index (χ0) is 14.5. The highest BCUT2D eigenvalue weighted by Gasteiger charge is 2.14. The van der Waals surface area contributed by atoms with Crippen molar-refractivity contribution < 1.29 is 9.50 Å². The van der Waals surface area contributed by atoms with Crippen LogP contribution in [0, 0.1) is 5.82 Å². The highest BCUT2D eigenvalue weighted by Crippen LogP contribution is 2.25. The molecular weight excluding hydrogens is 277 g/mol. The molecule has 106 valence electrons. The second-order valence-corrected chi connectivity index (χ2v) is 5.12. The van der Waals surface area contributed by atoms with E-state index in [0.717, 1.165) is 11.1 Å². The first-order chi connectivity index (χ1) is 9.61. The molecule has 0 saturated carbocycles. The molecule has 0 amide bonds. The Balaban J connectivity index is 2.02. The molecule has 0 fully saturated rings. The van der Waals surface area contributed by atoms with E-state index in [1.54, 1.807) is 12.1 Å². The molecular formula is C16H17ClFNO. The first-order valence-corrected chi connectivity index (χ1v) is 6.85. The van der Waals surface area contributed by atoms with Crippen molar-refractivity contribution in [2.24, 2.45) is 0 Å². The summed E-state index contributed by atoms with van der Waals surface area (Å²) in [6, 6.07) is 12.1. The molecule has 4 heteroatoms. The van der Waals surface area contributed by atoms with Crippen molar-refractivity contribution >= 4 is 11.6 Å². The third kappa shape index (κ3) is 3.57. The lowest BCUT2D eigenvalue weighted by Gasteiger charge is -2.16. The minimum Gasteiger partial charge on any atom is -0.392 e. The lowest BCUT2D eigenvalue weighted by molar-refractivity contribution is 0.282. The molecule has 0 radical (unpaired) electrons. The first kappa shape index (κ1) is 15.0. The summed E-state index contributed by atoms with van der Waals surface area (Å²) in [7, 11) is 0. The predicted octanol–water partition coefficient (Wildman–Crippen LogP) is 3.82. The quantitative estimate of drug-likeness (QED) is 0.878. The Hall–Kier alpha value is -1.42. The van der Waals surface area contributed by atoms with Crippen molar-refractivity contribution in [3.63, 3.8) is 0 Å². The monoisotopic (exact) mass is 293 g/mol. The van der Waals surface area contributed by atoms with Crippen molar-refractivity contribution in [1.82, 2.24) is 5.32 Å². The molecule has 2 aromatic carbocycles. The zero-order valence-electron chi connectivity index (χ0n) is 11.2. The van der Waals surface area contributed by atoms with E-state index in [9.17, 15) is 4.39 Å². The number of aliphatic hydroxyl groups excluding tert-OH is 1. The molecule has 1 atom stereocenters. The van der Waals surface area contributed by atoms with Crippen LogP contribution in [0.4, 0.5) is 4.39 Å². The molecule has 0 aliphatic rings. The third-order valence-corrected chi connectivity index (χ3v) is 3.58. The van der Waals surface area contributed by atoms with E-state index in [2.05, 4.69) is 5.32 Å². The van der Waals surface area contributed by atoms with Crippen LogP contribution in [0.25, 0.3) is 0 Å². The number of rotatable bonds is 5. The molecule has 2 nitrogen and oxygen atoms in total. The molecule has 2 rings (SSSR count). The van der Waals surface area contributed by atoms with Crippen molar-refractivity contribution in [3.8, 4) is 0 Å². The number of benzene rings is 2. The molecule has 0 aromatic heterocycles. The molecule has 0 aliphatic heterocycles. The van der Waals surface area contributed by atoms with Gasteiger partial charge in [-0.05, 0) is 30.2 Å². The normalized spacial score (nSPS) is 12.4. The van der Waals surface area contributed by atoms with Crippen molar-refractivity contribution in [3.05, 3.63) is 70.0 Å². The van der Waals surface area contributed by atoms with Crippen molar-refractivity contribution in [2.75, 3.05) is 0 Å². The lowest BCUT2D eigenvalue weighted by atomic mass is 10.1. The number of aliphatic hydroxyl groups is 1. The van der Waals surface area contributed by atoms with Crippen LogP contribution in [0.5, 0.6) is 0 Å². The fourth-order valence-electron chi connectivity index (χ4n) is 2.06. The van der Waals surface area contributed by atoms with E-state index >= 15 is 0 Å². The third-order valence-electron chi connectivity index (χ3n) is 3.25. The van der Waals surface area contributed by atoms with E-state index < -0.39 is 0 Å². The Labute approximate surface area is 123 Å². The van der Waals surface area contributed by atoms with Gasteiger partial charge in [-0.15, -0.1) is 0 Å². The average Bonchev–Trinajstić information content (AvgIpc) is 2.45. The molecule has 0 heterocycles. The second-order valence-electron chi connectivity index (χ2n) is 4.71. The molecule has 2 aromatic rings. The standard InChI is InChI=1S/C16H17ClFNO/c1-11(16-14(17)3-2-4-15(16)18)19-9-12-5-7-13(10-20)8-6-12/h2-8,11,19-20H,9-10H2,1H3. The summed E-state index contributed by atoms with van der Waals surface area (Å²) in [6.07, 6.45) is 0. The molecule has 0 bridgehead atoms. The number of hydrogen-bond donors (Lipinski definition) is 2. The van der Waals surface area contributed by atoms with E-state index in [1.807, 2.05) is 31.2 Å². The van der Waals surface area contributed by atoms with Crippen molar-refractivity contribution in [1.29, 1.82) is 0 Å². The van der Waals surface area contributed by atoms with Crippen LogP contribution in [0.15, 0.2) is 42.5 Å². The van der Waals surface area contributed by atoms with Crippen LogP contribution in [-0.4, -0.2) is 5.11 Å². The van der Waals surface area contributed by atoms with Crippen LogP contribution in [0.3, 0.4) is 0 Å². The van der Waals surface area contributed by atoms with Gasteiger partial charge in [0.25, 0.3) is 0 Å². The van der Waals surface area contributed by atoms with Gasteiger partial charge in [0.2, 0.25) is 0 Å². The summed E-state index contributed by atoms with van der Waals surface area (Å²) < 4.78 is 13.8. The maximum absolute atomic E-state index is 13.8. The molecule has 0 saturated heterocycles. The van der Waals surface area contributed by atoms with E-state index in [-0.39, 0.29) is 18.5 Å². The summed E-state index contributed by atoms with van der Waals surface area (Å²) in [6.45, 7) is 2.53. The minimum absolute atomic E-state index is 0.0367. The topological polar surface area (TPSA) is 32.3 Å². The molecule has 0 aliphatic carbocycles. The number of hydrogen-bond acceptors (Lipinski definition) is 2. The van der Waals surface area contributed by atoms with Crippen LogP contribution in [0.1, 0.15) is 29.7 Å². The maximum atomic E-state index is 13.8. The smallest absolute Gasteiger partial charge is 0.129 e. The van der Waals surface area contributed by atoms with E-state index in [0.29, 0.717) is 17.1 Å². The highest BCUT2D eigenvalue weighted by atomic mass is 35.5. The first-order valence-electron chi connectivity index (χ1n) is 6.47. The average molecular weight is 294 g/mol. The zero-order valence-corrected chi connectivity index (χ0v) is 12.0. The Morgan fingerprint density at radius 2 is 1.80 bits per heavy atom. The van der Waals surface area contributed by atoms with Crippen LogP contribution in [-0.2, 0) is 13.2 Å². The van der Waals surface area contributed by atoms with Gasteiger partial charge in [0.05, 0.1) is 6.61 Å².